The zero-order valence-electron chi connectivity index (χ0n) is 22.7. The fourth-order valence-electron chi connectivity index (χ4n) is 5.05. The van der Waals surface area contributed by atoms with Crippen LogP contribution in [-0.2, 0) is 26.2 Å². The fourth-order valence-corrected chi connectivity index (χ4v) is 6.14. The highest BCUT2D eigenvalue weighted by atomic mass is 35.5. The molecule has 0 aromatic heterocycles. The Morgan fingerprint density at radius 1 is 1.05 bits per heavy atom. The second kappa shape index (κ2) is 14.0. The maximum atomic E-state index is 13.6. The monoisotopic (exact) mass is 561 g/mol. The predicted molar refractivity (Wildman–Crippen MR) is 154 cm³/mol. The minimum Gasteiger partial charge on any atom is -0.352 e. The van der Waals surface area contributed by atoms with E-state index in [4.69, 9.17) is 11.6 Å². The molecule has 0 radical (unpaired) electrons. The third-order valence-corrected chi connectivity index (χ3v) is 8.65. The molecule has 0 bridgehead atoms. The number of hydrogen-bond donors (Lipinski definition) is 1. The number of rotatable bonds is 12. The number of halogens is 1. The van der Waals surface area contributed by atoms with Crippen LogP contribution < -0.4 is 9.62 Å². The van der Waals surface area contributed by atoms with Gasteiger partial charge in [0.2, 0.25) is 21.8 Å². The Balaban J connectivity index is 1.76. The van der Waals surface area contributed by atoms with E-state index < -0.39 is 16.1 Å². The lowest BCUT2D eigenvalue weighted by molar-refractivity contribution is -0.141. The summed E-state index contributed by atoms with van der Waals surface area (Å²) in [5.41, 5.74) is 2.54. The summed E-state index contributed by atoms with van der Waals surface area (Å²) in [6, 6.07) is 14.0. The topological polar surface area (TPSA) is 86.8 Å². The first-order valence-corrected chi connectivity index (χ1v) is 15.7. The van der Waals surface area contributed by atoms with Crippen molar-refractivity contribution in [3.05, 3.63) is 64.7 Å². The van der Waals surface area contributed by atoms with Crippen LogP contribution in [0, 0.1) is 6.92 Å². The number of carbonyl (C=O) groups is 2. The third-order valence-electron chi connectivity index (χ3n) is 7.21. The van der Waals surface area contributed by atoms with Gasteiger partial charge in [0.25, 0.3) is 0 Å². The van der Waals surface area contributed by atoms with Gasteiger partial charge in [0, 0.05) is 30.6 Å². The summed E-state index contributed by atoms with van der Waals surface area (Å²) in [7, 11) is -3.55. The summed E-state index contributed by atoms with van der Waals surface area (Å²) in [4.78, 5) is 28.7. The van der Waals surface area contributed by atoms with Crippen LogP contribution in [0.5, 0.6) is 0 Å². The minimum atomic E-state index is -3.55. The molecule has 1 aliphatic carbocycles. The summed E-state index contributed by atoms with van der Waals surface area (Å²) >= 11 is 5.97. The molecule has 1 saturated carbocycles. The quantitative estimate of drug-likeness (QED) is 0.373. The molecular weight excluding hydrogens is 522 g/mol. The molecule has 0 aliphatic heterocycles. The van der Waals surface area contributed by atoms with Crippen molar-refractivity contribution in [2.24, 2.45) is 0 Å². The SMILES string of the molecule is CC[C@@H](C(=O)NC1CCCCC1)N(Cc1ccccc1C)C(=O)CCCN(c1ccc(Cl)cc1)S(C)(=O)=O. The number of aryl methyl sites for hydroxylation is 1. The summed E-state index contributed by atoms with van der Waals surface area (Å²) in [6.45, 7) is 4.40. The molecule has 1 N–H and O–H groups in total. The van der Waals surface area contributed by atoms with Gasteiger partial charge < -0.3 is 10.2 Å². The lowest BCUT2D eigenvalue weighted by atomic mass is 9.95. The molecule has 1 fully saturated rings. The number of nitrogens with zero attached hydrogens (tertiary/aromatic N) is 2. The average molecular weight is 562 g/mol. The number of carbonyl (C=O) groups excluding carboxylic acids is 2. The Morgan fingerprint density at radius 2 is 1.71 bits per heavy atom. The average Bonchev–Trinajstić information content (AvgIpc) is 2.88. The molecule has 3 rings (SSSR count). The van der Waals surface area contributed by atoms with E-state index in [-0.39, 0.29) is 30.8 Å². The highest BCUT2D eigenvalue weighted by Crippen LogP contribution is 2.23. The normalized spacial score (nSPS) is 15.1. The number of sulfonamides is 1. The lowest BCUT2D eigenvalue weighted by Crippen LogP contribution is -2.51. The maximum Gasteiger partial charge on any atom is 0.243 e. The van der Waals surface area contributed by atoms with Gasteiger partial charge in [-0.3, -0.25) is 13.9 Å². The van der Waals surface area contributed by atoms with Crippen LogP contribution in [0.4, 0.5) is 5.69 Å². The van der Waals surface area contributed by atoms with Crippen LogP contribution in [0.2, 0.25) is 5.02 Å². The van der Waals surface area contributed by atoms with E-state index >= 15 is 0 Å². The van der Waals surface area contributed by atoms with Gasteiger partial charge in [0.1, 0.15) is 6.04 Å². The molecule has 2 aromatic carbocycles. The number of benzene rings is 2. The largest absolute Gasteiger partial charge is 0.352 e. The summed E-state index contributed by atoms with van der Waals surface area (Å²) in [6.07, 6.45) is 7.45. The van der Waals surface area contributed by atoms with E-state index in [0.29, 0.717) is 30.1 Å². The Labute approximate surface area is 232 Å². The molecule has 0 spiro atoms. The van der Waals surface area contributed by atoms with Crippen molar-refractivity contribution < 1.29 is 18.0 Å². The van der Waals surface area contributed by atoms with E-state index in [1.807, 2.05) is 38.1 Å². The standard InChI is InChI=1S/C29H40ClN3O4S/c1-4-27(29(35)31-25-13-6-5-7-14-25)32(21-23-12-9-8-11-22(23)2)28(34)15-10-20-33(38(3,36)37)26-18-16-24(30)17-19-26/h8-9,11-12,16-19,25,27H,4-7,10,13-15,20-21H2,1-3H3,(H,31,35)/t27-/m0/s1. The van der Waals surface area contributed by atoms with Gasteiger partial charge in [0.05, 0.1) is 11.9 Å². The number of hydrogen-bond acceptors (Lipinski definition) is 4. The molecule has 208 valence electrons. The first-order chi connectivity index (χ1) is 18.1. The molecule has 2 amide bonds. The van der Waals surface area contributed by atoms with E-state index in [0.717, 1.165) is 43.1 Å². The van der Waals surface area contributed by atoms with Crippen LogP contribution in [-0.4, -0.2) is 50.0 Å². The first kappa shape index (κ1) is 30.0. The van der Waals surface area contributed by atoms with Gasteiger partial charge in [-0.05, 0) is 68.0 Å². The molecule has 9 heteroatoms. The summed E-state index contributed by atoms with van der Waals surface area (Å²) in [5.74, 6) is -0.274. The molecule has 7 nitrogen and oxygen atoms in total. The van der Waals surface area contributed by atoms with E-state index in [1.54, 1.807) is 29.2 Å². The van der Waals surface area contributed by atoms with Gasteiger partial charge in [0.15, 0.2) is 0 Å². The molecule has 1 aliphatic rings. The minimum absolute atomic E-state index is 0.111. The number of amides is 2. The number of anilines is 1. The Hall–Kier alpha value is -2.58. The van der Waals surface area contributed by atoms with Gasteiger partial charge >= 0.3 is 0 Å². The summed E-state index contributed by atoms with van der Waals surface area (Å²) in [5, 5.41) is 3.71. The zero-order valence-corrected chi connectivity index (χ0v) is 24.2. The Morgan fingerprint density at radius 3 is 2.32 bits per heavy atom. The van der Waals surface area contributed by atoms with Gasteiger partial charge in [-0.1, -0.05) is 62.1 Å². The van der Waals surface area contributed by atoms with Crippen molar-refractivity contribution in [2.45, 2.75) is 83.8 Å². The first-order valence-electron chi connectivity index (χ1n) is 13.5. The van der Waals surface area contributed by atoms with Gasteiger partial charge in [-0.25, -0.2) is 8.42 Å². The molecule has 38 heavy (non-hydrogen) atoms. The molecule has 1 atom stereocenters. The molecule has 0 heterocycles. The smallest absolute Gasteiger partial charge is 0.243 e. The fraction of sp³-hybridized carbons (Fsp3) is 0.517. The van der Waals surface area contributed by atoms with Crippen molar-refractivity contribution in [1.29, 1.82) is 0 Å². The van der Waals surface area contributed by atoms with Crippen molar-refractivity contribution >= 4 is 39.1 Å². The van der Waals surface area contributed by atoms with E-state index in [9.17, 15) is 18.0 Å². The zero-order chi connectivity index (χ0) is 27.7. The van der Waals surface area contributed by atoms with E-state index in [2.05, 4.69) is 5.32 Å². The molecule has 0 saturated heterocycles. The maximum absolute atomic E-state index is 13.6. The lowest BCUT2D eigenvalue weighted by Gasteiger charge is -2.33. The predicted octanol–water partition coefficient (Wildman–Crippen LogP) is 5.45. The second-order valence-electron chi connectivity index (χ2n) is 10.1. The van der Waals surface area contributed by atoms with Crippen molar-refractivity contribution in [3.8, 4) is 0 Å². The summed E-state index contributed by atoms with van der Waals surface area (Å²) < 4.78 is 26.3. The highest BCUT2D eigenvalue weighted by Gasteiger charge is 2.30. The molecular formula is C29H40ClN3O4S. The van der Waals surface area contributed by atoms with Gasteiger partial charge in [-0.15, -0.1) is 0 Å². The van der Waals surface area contributed by atoms with Crippen LogP contribution in [0.25, 0.3) is 0 Å². The highest BCUT2D eigenvalue weighted by molar-refractivity contribution is 7.92. The van der Waals surface area contributed by atoms with E-state index in [1.165, 1.54) is 10.7 Å². The van der Waals surface area contributed by atoms with Crippen LogP contribution in [0.15, 0.2) is 48.5 Å². The second-order valence-corrected chi connectivity index (χ2v) is 12.5. The third kappa shape index (κ3) is 8.46. The van der Waals surface area contributed by atoms with Crippen LogP contribution >= 0.6 is 11.6 Å². The van der Waals surface area contributed by atoms with Crippen molar-refractivity contribution in [2.75, 3.05) is 17.1 Å². The molecule has 0 unspecified atom stereocenters. The van der Waals surface area contributed by atoms with Crippen LogP contribution in [0.3, 0.4) is 0 Å². The molecule has 2 aromatic rings. The van der Waals surface area contributed by atoms with Crippen molar-refractivity contribution in [1.82, 2.24) is 10.2 Å². The Kier molecular flexibility index (Phi) is 11.0. The van der Waals surface area contributed by atoms with Crippen molar-refractivity contribution in [3.63, 3.8) is 0 Å². The van der Waals surface area contributed by atoms with Gasteiger partial charge in [-0.2, -0.15) is 0 Å². The van der Waals surface area contributed by atoms with Crippen LogP contribution in [0.1, 0.15) is 69.4 Å². The Bertz CT molecular complexity index is 1180. The number of nitrogens with one attached hydrogen (secondary N) is 1.